The first-order valence-electron chi connectivity index (χ1n) is 8.21. The van der Waals surface area contributed by atoms with Crippen LogP contribution in [0.4, 0.5) is 5.69 Å². The van der Waals surface area contributed by atoms with E-state index in [2.05, 4.69) is 13.0 Å². The Kier molecular flexibility index (Phi) is 3.03. The smallest absolute Gasteiger partial charge is 0.307 e. The van der Waals surface area contributed by atoms with Crippen LogP contribution < -0.4 is 4.90 Å². The third-order valence-corrected chi connectivity index (χ3v) is 5.93. The van der Waals surface area contributed by atoms with Crippen molar-refractivity contribution >= 4 is 17.6 Å². The number of amides is 1. The molecule has 4 rings (SSSR count). The lowest BCUT2D eigenvalue weighted by molar-refractivity contribution is -0.149. The van der Waals surface area contributed by atoms with Gasteiger partial charge in [0.05, 0.1) is 11.8 Å². The number of fused-ring (bicyclic) bond motifs is 3. The van der Waals surface area contributed by atoms with Crippen molar-refractivity contribution in [3.8, 4) is 0 Å². The van der Waals surface area contributed by atoms with Crippen molar-refractivity contribution in [3.05, 3.63) is 29.8 Å². The molecule has 1 aromatic rings. The normalized spacial score (nSPS) is 35.7. The minimum Gasteiger partial charge on any atom is -0.481 e. The third-order valence-electron chi connectivity index (χ3n) is 5.93. The number of nitrogens with zero attached hydrogens (tertiary/aromatic N) is 1. The van der Waals surface area contributed by atoms with Crippen molar-refractivity contribution in [1.29, 1.82) is 0 Å². The Balaban J connectivity index is 1.68. The lowest BCUT2D eigenvalue weighted by Crippen LogP contribution is -2.46. The molecule has 0 spiro atoms. The molecule has 3 aliphatic rings. The molecule has 1 aromatic carbocycles. The van der Waals surface area contributed by atoms with Gasteiger partial charge in [-0.2, -0.15) is 0 Å². The van der Waals surface area contributed by atoms with Crippen LogP contribution in [0.5, 0.6) is 0 Å². The predicted octanol–water partition coefficient (Wildman–Crippen LogP) is 2.71. The topological polar surface area (TPSA) is 57.6 Å². The van der Waals surface area contributed by atoms with Gasteiger partial charge in [-0.15, -0.1) is 0 Å². The number of anilines is 1. The Morgan fingerprint density at radius 1 is 1.14 bits per heavy atom. The van der Waals surface area contributed by atoms with Crippen molar-refractivity contribution in [2.75, 3.05) is 4.90 Å². The zero-order valence-electron chi connectivity index (χ0n) is 12.7. The molecule has 22 heavy (non-hydrogen) atoms. The lowest BCUT2D eigenvalue weighted by atomic mass is 9.78. The zero-order valence-corrected chi connectivity index (χ0v) is 12.7. The van der Waals surface area contributed by atoms with Crippen molar-refractivity contribution in [2.45, 2.75) is 38.6 Å². The van der Waals surface area contributed by atoms with Gasteiger partial charge in [0.2, 0.25) is 5.91 Å². The number of hydrogen-bond acceptors (Lipinski definition) is 2. The summed E-state index contributed by atoms with van der Waals surface area (Å²) >= 11 is 0. The van der Waals surface area contributed by atoms with Crippen LogP contribution in [-0.4, -0.2) is 23.0 Å². The van der Waals surface area contributed by atoms with Crippen LogP contribution in [0.25, 0.3) is 0 Å². The molecular formula is C18H21NO3. The Labute approximate surface area is 130 Å². The molecule has 116 valence electrons. The van der Waals surface area contributed by atoms with Crippen LogP contribution in [0.2, 0.25) is 0 Å². The summed E-state index contributed by atoms with van der Waals surface area (Å²) in [5.41, 5.74) is 2.17. The molecule has 5 unspecified atom stereocenters. The first-order valence-corrected chi connectivity index (χ1v) is 8.21. The van der Waals surface area contributed by atoms with Crippen LogP contribution in [-0.2, 0) is 16.0 Å². The molecule has 1 N–H and O–H groups in total. The molecule has 2 aliphatic carbocycles. The molecular weight excluding hydrogens is 278 g/mol. The van der Waals surface area contributed by atoms with Gasteiger partial charge in [-0.1, -0.05) is 18.2 Å². The third kappa shape index (κ3) is 1.82. The van der Waals surface area contributed by atoms with E-state index in [9.17, 15) is 14.7 Å². The van der Waals surface area contributed by atoms with E-state index in [-0.39, 0.29) is 29.7 Å². The van der Waals surface area contributed by atoms with Crippen LogP contribution in [0.15, 0.2) is 24.3 Å². The molecule has 1 heterocycles. The van der Waals surface area contributed by atoms with Gasteiger partial charge in [0, 0.05) is 11.7 Å². The first kappa shape index (κ1) is 13.8. The summed E-state index contributed by atoms with van der Waals surface area (Å²) in [4.78, 5) is 26.7. The van der Waals surface area contributed by atoms with Crippen LogP contribution >= 0.6 is 0 Å². The van der Waals surface area contributed by atoms with Gasteiger partial charge in [-0.05, 0) is 56.1 Å². The zero-order chi connectivity index (χ0) is 15.4. The van der Waals surface area contributed by atoms with E-state index in [4.69, 9.17) is 0 Å². The van der Waals surface area contributed by atoms with Crippen molar-refractivity contribution in [3.63, 3.8) is 0 Å². The summed E-state index contributed by atoms with van der Waals surface area (Å²) in [6.45, 7) is 2.06. The standard InChI is InChI=1S/C18H21NO3/c1-10-8-11-4-2-3-5-14(11)19(10)17(20)15-12-6-7-13(9-12)16(15)18(21)22/h2-5,10,12-13,15-16H,6-9H2,1H3,(H,21,22). The molecule has 0 aromatic heterocycles. The van der Waals surface area contributed by atoms with Gasteiger partial charge in [0.1, 0.15) is 0 Å². The second-order valence-corrected chi connectivity index (χ2v) is 7.11. The highest BCUT2D eigenvalue weighted by atomic mass is 16.4. The highest BCUT2D eigenvalue weighted by molar-refractivity contribution is 6.00. The van der Waals surface area contributed by atoms with E-state index >= 15 is 0 Å². The molecule has 4 heteroatoms. The van der Waals surface area contributed by atoms with Crippen molar-refractivity contribution in [1.82, 2.24) is 0 Å². The van der Waals surface area contributed by atoms with E-state index in [0.29, 0.717) is 0 Å². The lowest BCUT2D eigenvalue weighted by Gasteiger charge is -2.33. The molecule has 2 saturated carbocycles. The van der Waals surface area contributed by atoms with Gasteiger partial charge in [-0.25, -0.2) is 0 Å². The van der Waals surface area contributed by atoms with Crippen molar-refractivity contribution in [2.24, 2.45) is 23.7 Å². The Hall–Kier alpha value is -1.84. The van der Waals surface area contributed by atoms with E-state index in [1.165, 1.54) is 5.56 Å². The summed E-state index contributed by atoms with van der Waals surface area (Å²) in [5.74, 6) is -1.10. The van der Waals surface area contributed by atoms with E-state index in [1.54, 1.807) is 0 Å². The second kappa shape index (κ2) is 4.83. The number of aliphatic carboxylic acids is 1. The quantitative estimate of drug-likeness (QED) is 0.913. The van der Waals surface area contributed by atoms with Gasteiger partial charge >= 0.3 is 5.97 Å². The van der Waals surface area contributed by atoms with Gasteiger partial charge in [-0.3, -0.25) is 9.59 Å². The summed E-state index contributed by atoms with van der Waals surface area (Å²) in [7, 11) is 0. The average molecular weight is 299 g/mol. The molecule has 0 saturated heterocycles. The Morgan fingerprint density at radius 2 is 1.82 bits per heavy atom. The maximum atomic E-state index is 13.2. The molecule has 2 bridgehead atoms. The molecule has 5 atom stereocenters. The van der Waals surface area contributed by atoms with Gasteiger partial charge < -0.3 is 10.0 Å². The summed E-state index contributed by atoms with van der Waals surface area (Å²) < 4.78 is 0. The summed E-state index contributed by atoms with van der Waals surface area (Å²) in [5, 5.41) is 9.59. The molecule has 2 fully saturated rings. The molecule has 1 amide bonds. The van der Waals surface area contributed by atoms with Crippen LogP contribution in [0.3, 0.4) is 0 Å². The average Bonchev–Trinajstić information content (AvgIpc) is 3.17. The number of hydrogen-bond donors (Lipinski definition) is 1. The molecule has 1 aliphatic heterocycles. The number of carboxylic acid groups (broad SMARTS) is 1. The SMILES string of the molecule is CC1Cc2ccccc2N1C(=O)C1C2CCC(C2)C1C(=O)O. The van der Waals surface area contributed by atoms with E-state index in [0.717, 1.165) is 31.4 Å². The van der Waals surface area contributed by atoms with Crippen molar-refractivity contribution < 1.29 is 14.7 Å². The maximum absolute atomic E-state index is 13.2. The minimum atomic E-state index is -0.786. The minimum absolute atomic E-state index is 0.0389. The second-order valence-electron chi connectivity index (χ2n) is 7.11. The monoisotopic (exact) mass is 299 g/mol. The fraction of sp³-hybridized carbons (Fsp3) is 0.556. The fourth-order valence-electron chi connectivity index (χ4n) is 5.06. The number of rotatable bonds is 2. The van der Waals surface area contributed by atoms with E-state index < -0.39 is 11.9 Å². The predicted molar refractivity (Wildman–Crippen MR) is 82.5 cm³/mol. The Bertz CT molecular complexity index is 641. The number of carbonyl (C=O) groups is 2. The number of carbonyl (C=O) groups excluding carboxylic acids is 1. The number of benzene rings is 1. The largest absolute Gasteiger partial charge is 0.481 e. The van der Waals surface area contributed by atoms with E-state index in [1.807, 2.05) is 23.1 Å². The Morgan fingerprint density at radius 3 is 2.55 bits per heavy atom. The summed E-state index contributed by atoms with van der Waals surface area (Å²) in [6.07, 6.45) is 3.75. The summed E-state index contributed by atoms with van der Waals surface area (Å²) in [6, 6.07) is 8.12. The highest BCUT2D eigenvalue weighted by Crippen LogP contribution is 2.53. The fourth-order valence-corrected chi connectivity index (χ4v) is 5.06. The first-order chi connectivity index (χ1) is 10.6. The number of carboxylic acids is 1. The van der Waals surface area contributed by atoms with Crippen LogP contribution in [0.1, 0.15) is 31.7 Å². The number of para-hydroxylation sites is 1. The highest BCUT2D eigenvalue weighted by Gasteiger charge is 2.55. The van der Waals surface area contributed by atoms with Gasteiger partial charge in [0.25, 0.3) is 0 Å². The maximum Gasteiger partial charge on any atom is 0.307 e. The molecule has 0 radical (unpaired) electrons. The van der Waals surface area contributed by atoms with Crippen LogP contribution in [0, 0.1) is 23.7 Å². The van der Waals surface area contributed by atoms with Gasteiger partial charge in [0.15, 0.2) is 0 Å². The molecule has 4 nitrogen and oxygen atoms in total.